The Labute approximate surface area is 107 Å². The van der Waals surface area contributed by atoms with Gasteiger partial charge in [0.2, 0.25) is 0 Å². The lowest BCUT2D eigenvalue weighted by atomic mass is 10.3. The van der Waals surface area contributed by atoms with E-state index in [1.165, 1.54) is 11.3 Å². The predicted octanol–water partition coefficient (Wildman–Crippen LogP) is 2.51. The van der Waals surface area contributed by atoms with Crippen molar-refractivity contribution < 1.29 is 4.79 Å². The molecule has 2 aromatic rings. The van der Waals surface area contributed by atoms with Crippen molar-refractivity contribution in [3.8, 4) is 0 Å². The Morgan fingerprint density at radius 1 is 1.47 bits per heavy atom. The van der Waals surface area contributed by atoms with Gasteiger partial charge in [-0.05, 0) is 24.3 Å². The van der Waals surface area contributed by atoms with Crippen LogP contribution in [0.5, 0.6) is 0 Å². The number of halogens is 1. The first-order valence-corrected chi connectivity index (χ1v) is 6.08. The molecular weight excluding hydrogens is 258 g/mol. The van der Waals surface area contributed by atoms with Gasteiger partial charge in [0.05, 0.1) is 4.34 Å². The average molecular weight is 268 g/mol. The van der Waals surface area contributed by atoms with Gasteiger partial charge in [-0.2, -0.15) is 0 Å². The van der Waals surface area contributed by atoms with Crippen LogP contribution in [-0.4, -0.2) is 10.9 Å². The topological polar surface area (TPSA) is 68.0 Å². The zero-order valence-electron chi connectivity index (χ0n) is 8.81. The second-order valence-corrected chi connectivity index (χ2v) is 5.15. The molecule has 0 bridgehead atoms. The van der Waals surface area contributed by atoms with Crippen LogP contribution in [0.1, 0.15) is 15.4 Å². The van der Waals surface area contributed by atoms with Crippen molar-refractivity contribution >= 4 is 34.5 Å². The van der Waals surface area contributed by atoms with Crippen LogP contribution in [0.4, 0.5) is 5.69 Å². The zero-order chi connectivity index (χ0) is 12.3. The van der Waals surface area contributed by atoms with Crippen molar-refractivity contribution in [2.45, 2.75) is 6.54 Å². The number of nitrogens with one attached hydrogen (secondary N) is 1. The first kappa shape index (κ1) is 11.9. The summed E-state index contributed by atoms with van der Waals surface area (Å²) in [6.45, 7) is 0.652. The van der Waals surface area contributed by atoms with Crippen molar-refractivity contribution in [1.82, 2.24) is 4.98 Å². The van der Waals surface area contributed by atoms with E-state index in [9.17, 15) is 4.79 Å². The Hall–Kier alpha value is -1.59. The van der Waals surface area contributed by atoms with Crippen molar-refractivity contribution in [2.24, 2.45) is 5.73 Å². The molecular formula is C11H10ClN3OS. The highest BCUT2D eigenvalue weighted by Gasteiger charge is 2.03. The SMILES string of the molecule is NC(=O)c1cc(NCc2ccc(Cl)s2)ccn1. The molecule has 0 spiro atoms. The van der Waals surface area contributed by atoms with Crippen LogP contribution in [0.2, 0.25) is 4.34 Å². The van der Waals surface area contributed by atoms with Crippen LogP contribution in [-0.2, 0) is 6.54 Å². The summed E-state index contributed by atoms with van der Waals surface area (Å²) >= 11 is 7.34. The van der Waals surface area contributed by atoms with Gasteiger partial charge in [-0.3, -0.25) is 9.78 Å². The number of amides is 1. The average Bonchev–Trinajstić information content (AvgIpc) is 2.73. The number of hydrogen-bond donors (Lipinski definition) is 2. The highest BCUT2D eigenvalue weighted by atomic mass is 35.5. The highest BCUT2D eigenvalue weighted by Crippen LogP contribution is 2.22. The van der Waals surface area contributed by atoms with Crippen LogP contribution >= 0.6 is 22.9 Å². The lowest BCUT2D eigenvalue weighted by Gasteiger charge is -2.05. The van der Waals surface area contributed by atoms with Gasteiger partial charge in [0.1, 0.15) is 5.69 Å². The summed E-state index contributed by atoms with van der Waals surface area (Å²) < 4.78 is 0.759. The molecule has 0 saturated carbocycles. The van der Waals surface area contributed by atoms with Crippen molar-refractivity contribution in [3.05, 3.63) is 45.4 Å². The molecule has 0 fully saturated rings. The maximum atomic E-state index is 10.9. The minimum absolute atomic E-state index is 0.249. The van der Waals surface area contributed by atoms with E-state index >= 15 is 0 Å². The van der Waals surface area contributed by atoms with E-state index in [0.29, 0.717) is 6.54 Å². The summed E-state index contributed by atoms with van der Waals surface area (Å²) in [6.07, 6.45) is 1.55. The molecule has 3 N–H and O–H groups in total. The number of carbonyl (C=O) groups excluding carboxylic acids is 1. The maximum Gasteiger partial charge on any atom is 0.267 e. The first-order chi connectivity index (χ1) is 8.15. The molecule has 4 nitrogen and oxygen atoms in total. The smallest absolute Gasteiger partial charge is 0.267 e. The number of nitrogens with two attached hydrogens (primary N) is 1. The van der Waals surface area contributed by atoms with E-state index in [0.717, 1.165) is 14.9 Å². The van der Waals surface area contributed by atoms with E-state index in [1.54, 1.807) is 18.3 Å². The zero-order valence-corrected chi connectivity index (χ0v) is 10.4. The molecule has 0 aliphatic heterocycles. The van der Waals surface area contributed by atoms with Crippen molar-refractivity contribution in [1.29, 1.82) is 0 Å². The molecule has 0 saturated heterocycles. The number of rotatable bonds is 4. The van der Waals surface area contributed by atoms with E-state index in [-0.39, 0.29) is 5.69 Å². The Kier molecular flexibility index (Phi) is 3.61. The van der Waals surface area contributed by atoms with Gasteiger partial charge < -0.3 is 11.1 Å². The summed E-state index contributed by atoms with van der Waals surface area (Å²) in [5.41, 5.74) is 6.20. The highest BCUT2D eigenvalue weighted by molar-refractivity contribution is 7.16. The summed E-state index contributed by atoms with van der Waals surface area (Å²) in [6, 6.07) is 7.21. The molecule has 0 aromatic carbocycles. The van der Waals surface area contributed by atoms with E-state index in [1.807, 2.05) is 12.1 Å². The Morgan fingerprint density at radius 3 is 2.94 bits per heavy atom. The number of anilines is 1. The number of nitrogens with zero attached hydrogens (tertiary/aromatic N) is 1. The summed E-state index contributed by atoms with van der Waals surface area (Å²) in [5.74, 6) is -0.534. The molecule has 0 atom stereocenters. The summed E-state index contributed by atoms with van der Waals surface area (Å²) in [7, 11) is 0. The van der Waals surface area contributed by atoms with Crippen LogP contribution in [0.25, 0.3) is 0 Å². The molecule has 0 radical (unpaired) electrons. The van der Waals surface area contributed by atoms with Gasteiger partial charge in [-0.25, -0.2) is 0 Å². The molecule has 1 amide bonds. The number of hydrogen-bond acceptors (Lipinski definition) is 4. The molecule has 88 valence electrons. The molecule has 17 heavy (non-hydrogen) atoms. The third-order valence-electron chi connectivity index (χ3n) is 2.11. The minimum Gasteiger partial charge on any atom is -0.380 e. The monoisotopic (exact) mass is 267 g/mol. The summed E-state index contributed by atoms with van der Waals surface area (Å²) in [5, 5.41) is 3.17. The van der Waals surface area contributed by atoms with Gasteiger partial charge in [-0.1, -0.05) is 11.6 Å². The first-order valence-electron chi connectivity index (χ1n) is 4.89. The number of aromatic nitrogens is 1. The van der Waals surface area contributed by atoms with E-state index in [2.05, 4.69) is 10.3 Å². The van der Waals surface area contributed by atoms with Gasteiger partial charge in [0, 0.05) is 23.3 Å². The second-order valence-electron chi connectivity index (χ2n) is 3.35. The fourth-order valence-corrected chi connectivity index (χ4v) is 2.34. The van der Waals surface area contributed by atoms with Gasteiger partial charge in [-0.15, -0.1) is 11.3 Å². The third kappa shape index (κ3) is 3.18. The van der Waals surface area contributed by atoms with Crippen molar-refractivity contribution in [2.75, 3.05) is 5.32 Å². The number of thiophene rings is 1. The van der Waals surface area contributed by atoms with E-state index < -0.39 is 5.91 Å². The lowest BCUT2D eigenvalue weighted by Crippen LogP contribution is -2.13. The summed E-state index contributed by atoms with van der Waals surface area (Å²) in [4.78, 5) is 15.9. The molecule has 0 aliphatic rings. The second kappa shape index (κ2) is 5.16. The van der Waals surface area contributed by atoms with Crippen LogP contribution in [0, 0.1) is 0 Å². The quantitative estimate of drug-likeness (QED) is 0.894. The molecule has 0 unspecified atom stereocenters. The van der Waals surface area contributed by atoms with Gasteiger partial charge in [0.15, 0.2) is 0 Å². The Morgan fingerprint density at radius 2 is 2.29 bits per heavy atom. The predicted molar refractivity (Wildman–Crippen MR) is 69.4 cm³/mol. The lowest BCUT2D eigenvalue weighted by molar-refractivity contribution is 0.0995. The van der Waals surface area contributed by atoms with E-state index in [4.69, 9.17) is 17.3 Å². The van der Waals surface area contributed by atoms with Crippen LogP contribution < -0.4 is 11.1 Å². The molecule has 2 heterocycles. The molecule has 0 aliphatic carbocycles. The van der Waals surface area contributed by atoms with Crippen LogP contribution in [0.15, 0.2) is 30.5 Å². The Balaban J connectivity index is 2.04. The maximum absolute atomic E-state index is 10.9. The van der Waals surface area contributed by atoms with Gasteiger partial charge >= 0.3 is 0 Å². The largest absolute Gasteiger partial charge is 0.380 e. The normalized spacial score (nSPS) is 10.2. The standard InChI is InChI=1S/C11H10ClN3OS/c12-10-2-1-8(17-10)6-15-7-3-4-14-9(5-7)11(13)16/h1-5H,6H2,(H2,13,16)(H,14,15). The molecule has 2 rings (SSSR count). The molecule has 2 aromatic heterocycles. The van der Waals surface area contributed by atoms with Gasteiger partial charge in [0.25, 0.3) is 5.91 Å². The minimum atomic E-state index is -0.534. The number of primary amides is 1. The Bertz CT molecular complexity index is 541. The van der Waals surface area contributed by atoms with Crippen molar-refractivity contribution in [3.63, 3.8) is 0 Å². The fraction of sp³-hybridized carbons (Fsp3) is 0.0909. The fourth-order valence-electron chi connectivity index (χ4n) is 1.31. The van der Waals surface area contributed by atoms with Crippen LogP contribution in [0.3, 0.4) is 0 Å². The molecule has 6 heteroatoms. The third-order valence-corrected chi connectivity index (χ3v) is 3.34. The number of carbonyl (C=O) groups is 1. The number of pyridine rings is 1.